The van der Waals surface area contributed by atoms with Crippen LogP contribution in [0, 0.1) is 13.8 Å². The zero-order valence-electron chi connectivity index (χ0n) is 8.87. The van der Waals surface area contributed by atoms with Crippen LogP contribution >= 0.6 is 0 Å². The van der Waals surface area contributed by atoms with Gasteiger partial charge in [0, 0.05) is 6.42 Å². The minimum Gasteiger partial charge on any atom is -0.382 e. The fourth-order valence-electron chi connectivity index (χ4n) is 1.42. The Hall–Kier alpha value is -1.15. The largest absolute Gasteiger partial charge is 0.382 e. The molecule has 0 heterocycles. The standard InChI is InChI=1S/C12H16O2/c1-9-4-5-10(2)11(6-9)7-12(3,14)8-13/h4-6,8,14H,7H2,1-3H3. The third kappa shape index (κ3) is 2.67. The van der Waals surface area contributed by atoms with Crippen LogP contribution in [0.4, 0.5) is 0 Å². The van der Waals surface area contributed by atoms with Gasteiger partial charge in [-0.05, 0) is 31.9 Å². The van der Waals surface area contributed by atoms with Crippen LogP contribution in [0.15, 0.2) is 18.2 Å². The van der Waals surface area contributed by atoms with Crippen molar-refractivity contribution in [3.63, 3.8) is 0 Å². The van der Waals surface area contributed by atoms with Crippen molar-refractivity contribution in [2.45, 2.75) is 32.8 Å². The highest BCUT2D eigenvalue weighted by Crippen LogP contribution is 2.16. The summed E-state index contributed by atoms with van der Waals surface area (Å²) in [4.78, 5) is 10.6. The fourth-order valence-corrected chi connectivity index (χ4v) is 1.42. The van der Waals surface area contributed by atoms with E-state index in [1.807, 2.05) is 32.0 Å². The lowest BCUT2D eigenvalue weighted by Crippen LogP contribution is -2.29. The monoisotopic (exact) mass is 192 g/mol. The van der Waals surface area contributed by atoms with Crippen molar-refractivity contribution in [1.29, 1.82) is 0 Å². The summed E-state index contributed by atoms with van der Waals surface area (Å²) in [5.41, 5.74) is 2.03. The molecule has 0 aliphatic heterocycles. The average molecular weight is 192 g/mol. The van der Waals surface area contributed by atoms with Crippen LogP contribution in [-0.4, -0.2) is 17.0 Å². The number of aldehydes is 1. The van der Waals surface area contributed by atoms with Gasteiger partial charge in [0.2, 0.25) is 0 Å². The predicted octanol–water partition coefficient (Wildman–Crippen LogP) is 1.80. The summed E-state index contributed by atoms with van der Waals surface area (Å²) in [6.45, 7) is 5.51. The number of hydrogen-bond donors (Lipinski definition) is 1. The Balaban J connectivity index is 2.96. The van der Waals surface area contributed by atoms with Crippen LogP contribution in [0.25, 0.3) is 0 Å². The van der Waals surface area contributed by atoms with Crippen molar-refractivity contribution in [3.05, 3.63) is 34.9 Å². The molecule has 0 fully saturated rings. The number of carbonyl (C=O) groups excluding carboxylic acids is 1. The smallest absolute Gasteiger partial charge is 0.151 e. The van der Waals surface area contributed by atoms with Gasteiger partial charge in [-0.1, -0.05) is 23.8 Å². The average Bonchev–Trinajstić information content (AvgIpc) is 2.11. The van der Waals surface area contributed by atoms with E-state index in [0.717, 1.165) is 16.7 Å². The SMILES string of the molecule is Cc1ccc(C)c(CC(C)(O)C=O)c1. The van der Waals surface area contributed by atoms with E-state index < -0.39 is 5.60 Å². The van der Waals surface area contributed by atoms with Gasteiger partial charge in [-0.2, -0.15) is 0 Å². The quantitative estimate of drug-likeness (QED) is 0.741. The minimum atomic E-state index is -1.25. The summed E-state index contributed by atoms with van der Waals surface area (Å²) in [7, 11) is 0. The van der Waals surface area contributed by atoms with Crippen LogP contribution in [-0.2, 0) is 11.2 Å². The second kappa shape index (κ2) is 3.93. The molecule has 0 amide bonds. The van der Waals surface area contributed by atoms with Crippen LogP contribution in [0.5, 0.6) is 0 Å². The molecular weight excluding hydrogens is 176 g/mol. The molecule has 0 bridgehead atoms. The van der Waals surface area contributed by atoms with Crippen LogP contribution in [0.1, 0.15) is 23.6 Å². The highest BCUT2D eigenvalue weighted by molar-refractivity contribution is 5.62. The Morgan fingerprint density at radius 1 is 1.43 bits per heavy atom. The van der Waals surface area contributed by atoms with Crippen molar-refractivity contribution in [2.75, 3.05) is 0 Å². The fraction of sp³-hybridized carbons (Fsp3) is 0.417. The molecule has 1 aromatic rings. The second-order valence-electron chi connectivity index (χ2n) is 4.08. The first-order valence-electron chi connectivity index (χ1n) is 4.69. The molecule has 0 spiro atoms. The molecule has 0 aliphatic carbocycles. The van der Waals surface area contributed by atoms with Crippen molar-refractivity contribution >= 4 is 6.29 Å². The number of aryl methyl sites for hydroxylation is 2. The molecule has 2 nitrogen and oxygen atoms in total. The number of rotatable bonds is 3. The normalized spacial score (nSPS) is 14.9. The van der Waals surface area contributed by atoms with Crippen molar-refractivity contribution < 1.29 is 9.90 Å². The van der Waals surface area contributed by atoms with Crippen molar-refractivity contribution in [2.24, 2.45) is 0 Å². The molecule has 76 valence electrons. The van der Waals surface area contributed by atoms with Crippen molar-refractivity contribution in [3.8, 4) is 0 Å². The third-order valence-corrected chi connectivity index (χ3v) is 2.31. The molecule has 1 aromatic carbocycles. The summed E-state index contributed by atoms with van der Waals surface area (Å²) in [5, 5.41) is 9.62. The summed E-state index contributed by atoms with van der Waals surface area (Å²) < 4.78 is 0. The van der Waals surface area contributed by atoms with Crippen LogP contribution in [0.2, 0.25) is 0 Å². The predicted molar refractivity (Wildman–Crippen MR) is 56.3 cm³/mol. The van der Waals surface area contributed by atoms with Gasteiger partial charge in [0.15, 0.2) is 6.29 Å². The van der Waals surface area contributed by atoms with Gasteiger partial charge in [0.1, 0.15) is 5.60 Å². The maximum absolute atomic E-state index is 10.6. The maximum atomic E-state index is 10.6. The van der Waals surface area contributed by atoms with E-state index in [2.05, 4.69) is 0 Å². The highest BCUT2D eigenvalue weighted by atomic mass is 16.3. The van der Waals surface area contributed by atoms with Gasteiger partial charge in [0.05, 0.1) is 0 Å². The van der Waals surface area contributed by atoms with E-state index in [4.69, 9.17) is 0 Å². The van der Waals surface area contributed by atoms with Gasteiger partial charge in [-0.3, -0.25) is 0 Å². The third-order valence-electron chi connectivity index (χ3n) is 2.31. The Morgan fingerprint density at radius 2 is 2.07 bits per heavy atom. The molecule has 0 aromatic heterocycles. The van der Waals surface area contributed by atoms with E-state index in [0.29, 0.717) is 12.7 Å². The van der Waals surface area contributed by atoms with E-state index in [9.17, 15) is 9.90 Å². The van der Waals surface area contributed by atoms with E-state index in [1.165, 1.54) is 6.92 Å². The number of carbonyl (C=O) groups is 1. The van der Waals surface area contributed by atoms with Crippen LogP contribution < -0.4 is 0 Å². The van der Waals surface area contributed by atoms with E-state index in [1.54, 1.807) is 0 Å². The van der Waals surface area contributed by atoms with Gasteiger partial charge in [-0.25, -0.2) is 0 Å². The van der Waals surface area contributed by atoms with E-state index >= 15 is 0 Å². The minimum absolute atomic E-state index is 0.379. The number of hydrogen-bond acceptors (Lipinski definition) is 2. The van der Waals surface area contributed by atoms with Crippen LogP contribution in [0.3, 0.4) is 0 Å². The van der Waals surface area contributed by atoms with E-state index in [-0.39, 0.29) is 0 Å². The van der Waals surface area contributed by atoms with Gasteiger partial charge in [-0.15, -0.1) is 0 Å². The highest BCUT2D eigenvalue weighted by Gasteiger charge is 2.20. The van der Waals surface area contributed by atoms with Crippen molar-refractivity contribution in [1.82, 2.24) is 0 Å². The molecule has 0 saturated heterocycles. The Labute approximate surface area is 84.6 Å². The lowest BCUT2D eigenvalue weighted by molar-refractivity contribution is -0.122. The zero-order valence-corrected chi connectivity index (χ0v) is 8.87. The first-order valence-corrected chi connectivity index (χ1v) is 4.69. The first-order chi connectivity index (χ1) is 6.44. The molecule has 2 heteroatoms. The molecule has 0 aliphatic rings. The maximum Gasteiger partial charge on any atom is 0.151 e. The Morgan fingerprint density at radius 3 is 2.64 bits per heavy atom. The zero-order chi connectivity index (χ0) is 10.8. The molecule has 0 saturated carbocycles. The van der Waals surface area contributed by atoms with Gasteiger partial charge < -0.3 is 9.90 Å². The second-order valence-corrected chi connectivity index (χ2v) is 4.08. The summed E-state index contributed by atoms with van der Waals surface area (Å²) in [5.74, 6) is 0. The lowest BCUT2D eigenvalue weighted by Gasteiger charge is -2.17. The van der Waals surface area contributed by atoms with Gasteiger partial charge >= 0.3 is 0 Å². The lowest BCUT2D eigenvalue weighted by atomic mass is 9.94. The Bertz CT molecular complexity index is 340. The number of aliphatic hydroxyl groups is 1. The molecule has 1 rings (SSSR count). The molecule has 14 heavy (non-hydrogen) atoms. The Kier molecular flexibility index (Phi) is 3.06. The summed E-state index contributed by atoms with van der Waals surface area (Å²) in [6.07, 6.45) is 0.971. The molecule has 1 atom stereocenters. The molecule has 0 radical (unpaired) electrons. The summed E-state index contributed by atoms with van der Waals surface area (Å²) in [6, 6.07) is 6.04. The first kappa shape index (κ1) is 10.9. The van der Waals surface area contributed by atoms with Gasteiger partial charge in [0.25, 0.3) is 0 Å². The summed E-state index contributed by atoms with van der Waals surface area (Å²) >= 11 is 0. The molecule has 1 N–H and O–H groups in total. The molecule has 1 unspecified atom stereocenters. The molecular formula is C12H16O2. The topological polar surface area (TPSA) is 37.3 Å². The number of benzene rings is 1.